The molecule has 0 amide bonds. The Labute approximate surface area is 134 Å². The molecule has 1 aliphatic rings. The maximum atomic E-state index is 5.19. The minimum atomic E-state index is 0.522. The SMILES string of the molecule is COc1ccc(-c2nc3nccc(NC4CCCC4)n3n2)cc1. The van der Waals surface area contributed by atoms with Crippen molar-refractivity contribution in [1.82, 2.24) is 19.6 Å². The van der Waals surface area contributed by atoms with Gasteiger partial charge in [0, 0.05) is 17.8 Å². The molecule has 0 aliphatic heterocycles. The van der Waals surface area contributed by atoms with Crippen molar-refractivity contribution in [2.45, 2.75) is 31.7 Å². The van der Waals surface area contributed by atoms with Gasteiger partial charge in [-0.1, -0.05) is 12.8 Å². The fraction of sp³-hybridized carbons (Fsp3) is 0.353. The molecule has 1 fully saturated rings. The van der Waals surface area contributed by atoms with Crippen LogP contribution >= 0.6 is 0 Å². The molecule has 0 radical (unpaired) electrons. The number of hydrogen-bond acceptors (Lipinski definition) is 5. The average Bonchev–Trinajstić information content (AvgIpc) is 3.25. The predicted octanol–water partition coefficient (Wildman–Crippen LogP) is 3.15. The fourth-order valence-electron chi connectivity index (χ4n) is 3.05. The lowest BCUT2D eigenvalue weighted by Gasteiger charge is -2.13. The molecule has 1 aliphatic carbocycles. The van der Waals surface area contributed by atoms with Crippen molar-refractivity contribution in [3.05, 3.63) is 36.5 Å². The van der Waals surface area contributed by atoms with Crippen molar-refractivity contribution in [2.75, 3.05) is 12.4 Å². The molecule has 2 heterocycles. The van der Waals surface area contributed by atoms with Gasteiger partial charge >= 0.3 is 0 Å². The number of fused-ring (bicyclic) bond motifs is 1. The van der Waals surface area contributed by atoms with Crippen LogP contribution in [0.2, 0.25) is 0 Å². The summed E-state index contributed by atoms with van der Waals surface area (Å²) in [4.78, 5) is 8.85. The molecule has 0 saturated heterocycles. The molecule has 0 atom stereocenters. The van der Waals surface area contributed by atoms with Crippen molar-refractivity contribution in [2.24, 2.45) is 0 Å². The van der Waals surface area contributed by atoms with E-state index in [9.17, 15) is 0 Å². The highest BCUT2D eigenvalue weighted by molar-refractivity contribution is 5.59. The van der Waals surface area contributed by atoms with Crippen molar-refractivity contribution in [3.63, 3.8) is 0 Å². The van der Waals surface area contributed by atoms with Crippen LogP contribution in [0.5, 0.6) is 5.75 Å². The van der Waals surface area contributed by atoms with E-state index in [0.717, 1.165) is 17.1 Å². The Balaban J connectivity index is 1.68. The maximum Gasteiger partial charge on any atom is 0.254 e. The van der Waals surface area contributed by atoms with E-state index in [1.54, 1.807) is 17.8 Å². The van der Waals surface area contributed by atoms with Crippen LogP contribution in [-0.4, -0.2) is 32.7 Å². The second-order valence-electron chi connectivity index (χ2n) is 5.83. The average molecular weight is 309 g/mol. The number of nitrogens with one attached hydrogen (secondary N) is 1. The minimum absolute atomic E-state index is 0.522. The van der Waals surface area contributed by atoms with E-state index < -0.39 is 0 Å². The maximum absolute atomic E-state index is 5.19. The highest BCUT2D eigenvalue weighted by atomic mass is 16.5. The lowest BCUT2D eigenvalue weighted by Crippen LogP contribution is -2.17. The summed E-state index contributed by atoms with van der Waals surface area (Å²) in [6, 6.07) is 10.2. The van der Waals surface area contributed by atoms with Gasteiger partial charge < -0.3 is 10.1 Å². The molecule has 1 N–H and O–H groups in total. The molecule has 0 spiro atoms. The zero-order valence-corrected chi connectivity index (χ0v) is 13.1. The lowest BCUT2D eigenvalue weighted by molar-refractivity contribution is 0.415. The summed E-state index contributed by atoms with van der Waals surface area (Å²) in [5, 5.41) is 8.19. The molecular weight excluding hydrogens is 290 g/mol. The first kappa shape index (κ1) is 14.0. The largest absolute Gasteiger partial charge is 0.497 e. The molecular formula is C17H19N5O. The Bertz CT molecular complexity index is 805. The number of methoxy groups -OCH3 is 1. The standard InChI is InChI=1S/C17H19N5O/c1-23-14-8-6-12(7-9-14)16-20-17-18-11-10-15(22(17)21-16)19-13-4-2-3-5-13/h6-11,13,19H,2-5H2,1H3. The molecule has 23 heavy (non-hydrogen) atoms. The molecule has 1 aromatic carbocycles. The van der Waals surface area contributed by atoms with Crippen LogP contribution in [0.15, 0.2) is 36.5 Å². The molecule has 0 bridgehead atoms. The van der Waals surface area contributed by atoms with Crippen molar-refractivity contribution >= 4 is 11.6 Å². The topological polar surface area (TPSA) is 64.3 Å². The van der Waals surface area contributed by atoms with Gasteiger partial charge in [-0.25, -0.2) is 4.98 Å². The Morgan fingerprint density at radius 1 is 1.13 bits per heavy atom. The van der Waals surface area contributed by atoms with Crippen molar-refractivity contribution in [1.29, 1.82) is 0 Å². The molecule has 1 saturated carbocycles. The van der Waals surface area contributed by atoms with Crippen molar-refractivity contribution < 1.29 is 4.74 Å². The second kappa shape index (κ2) is 5.87. The predicted molar refractivity (Wildman–Crippen MR) is 88.6 cm³/mol. The zero-order valence-electron chi connectivity index (χ0n) is 13.1. The van der Waals surface area contributed by atoms with Gasteiger partial charge in [0.25, 0.3) is 5.78 Å². The van der Waals surface area contributed by atoms with Gasteiger partial charge in [0.15, 0.2) is 5.82 Å². The third-order valence-electron chi connectivity index (χ3n) is 4.30. The van der Waals surface area contributed by atoms with Crippen LogP contribution in [-0.2, 0) is 0 Å². The Morgan fingerprint density at radius 3 is 2.65 bits per heavy atom. The monoisotopic (exact) mass is 309 g/mol. The molecule has 118 valence electrons. The van der Waals surface area contributed by atoms with Crippen LogP contribution in [0.1, 0.15) is 25.7 Å². The van der Waals surface area contributed by atoms with Gasteiger partial charge in [-0.05, 0) is 43.2 Å². The van der Waals surface area contributed by atoms with Crippen LogP contribution < -0.4 is 10.1 Å². The Kier molecular flexibility index (Phi) is 3.57. The highest BCUT2D eigenvalue weighted by Gasteiger charge is 2.17. The number of ether oxygens (including phenoxy) is 1. The van der Waals surface area contributed by atoms with E-state index in [0.29, 0.717) is 17.6 Å². The Hall–Kier alpha value is -2.63. The number of nitrogens with zero attached hydrogens (tertiary/aromatic N) is 4. The Morgan fingerprint density at radius 2 is 1.91 bits per heavy atom. The summed E-state index contributed by atoms with van der Waals surface area (Å²) < 4.78 is 6.98. The summed E-state index contributed by atoms with van der Waals surface area (Å²) in [5.74, 6) is 3.05. The number of benzene rings is 1. The molecule has 6 heteroatoms. The lowest BCUT2D eigenvalue weighted by atomic mass is 10.2. The first-order valence-corrected chi connectivity index (χ1v) is 7.96. The van der Waals surface area contributed by atoms with E-state index in [2.05, 4.69) is 20.4 Å². The van der Waals surface area contributed by atoms with Crippen LogP contribution in [0, 0.1) is 0 Å². The number of anilines is 1. The van der Waals surface area contributed by atoms with Crippen molar-refractivity contribution in [3.8, 4) is 17.1 Å². The zero-order chi connectivity index (χ0) is 15.6. The summed E-state index contributed by atoms with van der Waals surface area (Å²) >= 11 is 0. The van der Waals surface area contributed by atoms with E-state index in [1.807, 2.05) is 30.3 Å². The third-order valence-corrected chi connectivity index (χ3v) is 4.30. The summed E-state index contributed by atoms with van der Waals surface area (Å²) in [6.07, 6.45) is 6.79. The van der Waals surface area contributed by atoms with Gasteiger partial charge in [0.2, 0.25) is 0 Å². The first-order chi connectivity index (χ1) is 11.3. The number of rotatable bonds is 4. The van der Waals surface area contributed by atoms with Gasteiger partial charge in [0.05, 0.1) is 7.11 Å². The van der Waals surface area contributed by atoms with Crippen LogP contribution in [0.4, 0.5) is 5.82 Å². The third kappa shape index (κ3) is 2.72. The normalized spacial score (nSPS) is 15.2. The molecule has 0 unspecified atom stereocenters. The number of hydrogen-bond donors (Lipinski definition) is 1. The van der Waals surface area contributed by atoms with E-state index in [4.69, 9.17) is 4.74 Å². The second-order valence-corrected chi connectivity index (χ2v) is 5.83. The minimum Gasteiger partial charge on any atom is -0.497 e. The quantitative estimate of drug-likeness (QED) is 0.802. The molecule has 2 aromatic heterocycles. The van der Waals surface area contributed by atoms with Gasteiger partial charge in [-0.3, -0.25) is 0 Å². The fourth-order valence-corrected chi connectivity index (χ4v) is 3.05. The molecule has 6 nitrogen and oxygen atoms in total. The van der Waals surface area contributed by atoms with Crippen LogP contribution in [0.25, 0.3) is 17.2 Å². The summed E-state index contributed by atoms with van der Waals surface area (Å²) in [5.41, 5.74) is 0.947. The number of aromatic nitrogens is 4. The smallest absolute Gasteiger partial charge is 0.254 e. The highest BCUT2D eigenvalue weighted by Crippen LogP contribution is 2.24. The van der Waals surface area contributed by atoms with E-state index in [-0.39, 0.29) is 0 Å². The van der Waals surface area contributed by atoms with Gasteiger partial charge in [-0.15, -0.1) is 5.10 Å². The van der Waals surface area contributed by atoms with Gasteiger partial charge in [0.1, 0.15) is 11.6 Å². The van der Waals surface area contributed by atoms with E-state index in [1.165, 1.54) is 25.7 Å². The summed E-state index contributed by atoms with van der Waals surface area (Å²) in [7, 11) is 1.66. The first-order valence-electron chi connectivity index (χ1n) is 7.96. The van der Waals surface area contributed by atoms with Gasteiger partial charge in [-0.2, -0.15) is 9.50 Å². The van der Waals surface area contributed by atoms with E-state index >= 15 is 0 Å². The molecule has 4 rings (SSSR count). The van der Waals surface area contributed by atoms with Crippen LogP contribution in [0.3, 0.4) is 0 Å². The molecule has 3 aromatic rings. The summed E-state index contributed by atoms with van der Waals surface area (Å²) in [6.45, 7) is 0.